The molecule has 0 atom stereocenters. The number of nitrogens with one attached hydrogen (secondary N) is 2. The highest BCUT2D eigenvalue weighted by atomic mass is 79.9. The van der Waals surface area contributed by atoms with E-state index < -0.39 is 0 Å². The van der Waals surface area contributed by atoms with Gasteiger partial charge in [0.25, 0.3) is 5.91 Å². The number of amides is 3. The smallest absolute Gasteiger partial charge is 0.321 e. The van der Waals surface area contributed by atoms with Crippen molar-refractivity contribution >= 4 is 39.2 Å². The van der Waals surface area contributed by atoms with Crippen LogP contribution in [0.1, 0.15) is 20.8 Å². The molecule has 0 aliphatic heterocycles. The van der Waals surface area contributed by atoms with Gasteiger partial charge in [0, 0.05) is 17.5 Å². The van der Waals surface area contributed by atoms with E-state index in [9.17, 15) is 9.59 Å². The van der Waals surface area contributed by atoms with Crippen LogP contribution in [-0.4, -0.2) is 23.9 Å². The molecule has 22 heavy (non-hydrogen) atoms. The number of aryl methyl sites for hydroxylation is 1. The van der Waals surface area contributed by atoms with Crippen molar-refractivity contribution in [3.8, 4) is 0 Å². The van der Waals surface area contributed by atoms with Gasteiger partial charge in [-0.05, 0) is 47.1 Å². The van der Waals surface area contributed by atoms with Gasteiger partial charge in [0.15, 0.2) is 0 Å². The number of nitrogens with zero attached hydrogens (tertiary/aromatic N) is 1. The Balaban J connectivity index is 1.83. The van der Waals surface area contributed by atoms with Crippen molar-refractivity contribution in [3.05, 3.63) is 56.2 Å². The van der Waals surface area contributed by atoms with E-state index in [2.05, 4.69) is 26.8 Å². The second-order valence-corrected chi connectivity index (χ2v) is 7.36. The van der Waals surface area contributed by atoms with Crippen molar-refractivity contribution in [2.45, 2.75) is 13.5 Å². The fourth-order valence-corrected chi connectivity index (χ4v) is 3.26. The molecule has 3 amide bonds. The van der Waals surface area contributed by atoms with Crippen molar-refractivity contribution in [1.29, 1.82) is 0 Å². The molecule has 0 unspecified atom stereocenters. The first-order chi connectivity index (χ1) is 10.5. The van der Waals surface area contributed by atoms with E-state index in [1.54, 1.807) is 30.5 Å². The summed E-state index contributed by atoms with van der Waals surface area (Å²) in [5.74, 6) is -0.347. The summed E-state index contributed by atoms with van der Waals surface area (Å²) < 4.78 is 1.02. The van der Waals surface area contributed by atoms with Gasteiger partial charge in [-0.25, -0.2) is 10.2 Å². The van der Waals surface area contributed by atoms with Crippen molar-refractivity contribution in [1.82, 2.24) is 15.8 Å². The van der Waals surface area contributed by atoms with Gasteiger partial charge in [0.2, 0.25) is 0 Å². The normalized spacial score (nSPS) is 10.1. The standard InChI is InChI=1S/C15H16BrN3O2S/c1-10-3-5-11(6-4-10)14(20)17-18-15(21)19(2)9-12-7-8-13(16)22-12/h3-8H,9H2,1-2H3,(H,17,20)(H,18,21). The largest absolute Gasteiger partial charge is 0.336 e. The summed E-state index contributed by atoms with van der Waals surface area (Å²) in [5.41, 5.74) is 6.37. The van der Waals surface area contributed by atoms with E-state index in [0.29, 0.717) is 12.1 Å². The number of hydrogen-bond donors (Lipinski definition) is 2. The topological polar surface area (TPSA) is 61.4 Å². The minimum Gasteiger partial charge on any atom is -0.321 e. The lowest BCUT2D eigenvalue weighted by atomic mass is 10.1. The average molecular weight is 382 g/mol. The highest BCUT2D eigenvalue weighted by Crippen LogP contribution is 2.22. The van der Waals surface area contributed by atoms with Crippen LogP contribution in [0.3, 0.4) is 0 Å². The van der Waals surface area contributed by atoms with E-state index in [0.717, 1.165) is 14.2 Å². The zero-order valence-corrected chi connectivity index (χ0v) is 14.6. The summed E-state index contributed by atoms with van der Waals surface area (Å²) in [7, 11) is 1.67. The van der Waals surface area contributed by atoms with Crippen LogP contribution in [0.15, 0.2) is 40.2 Å². The van der Waals surface area contributed by atoms with Crippen LogP contribution in [0.5, 0.6) is 0 Å². The first kappa shape index (κ1) is 16.5. The Morgan fingerprint density at radius 3 is 2.41 bits per heavy atom. The van der Waals surface area contributed by atoms with E-state index in [1.165, 1.54) is 4.90 Å². The van der Waals surface area contributed by atoms with Gasteiger partial charge in [-0.2, -0.15) is 0 Å². The highest BCUT2D eigenvalue weighted by Gasteiger charge is 2.12. The van der Waals surface area contributed by atoms with Gasteiger partial charge in [0.05, 0.1) is 10.3 Å². The maximum Gasteiger partial charge on any atom is 0.336 e. The molecule has 2 N–H and O–H groups in total. The zero-order chi connectivity index (χ0) is 16.1. The fourth-order valence-electron chi connectivity index (χ4n) is 1.73. The molecule has 1 heterocycles. The molecule has 7 heteroatoms. The van der Waals surface area contributed by atoms with Crippen LogP contribution in [0.25, 0.3) is 0 Å². The maximum atomic E-state index is 11.9. The summed E-state index contributed by atoms with van der Waals surface area (Å²) >= 11 is 4.95. The number of carbonyl (C=O) groups is 2. The Morgan fingerprint density at radius 2 is 1.82 bits per heavy atom. The molecule has 2 rings (SSSR count). The molecule has 0 aliphatic rings. The summed E-state index contributed by atoms with van der Waals surface area (Å²) in [5, 5.41) is 0. The SMILES string of the molecule is Cc1ccc(C(=O)NNC(=O)N(C)Cc2ccc(Br)s2)cc1. The lowest BCUT2D eigenvalue weighted by Crippen LogP contribution is -2.47. The van der Waals surface area contributed by atoms with E-state index in [-0.39, 0.29) is 11.9 Å². The molecule has 1 aromatic heterocycles. The Hall–Kier alpha value is -1.86. The van der Waals surface area contributed by atoms with Crippen LogP contribution in [-0.2, 0) is 6.54 Å². The molecular formula is C15H16BrN3O2S. The molecule has 0 saturated carbocycles. The van der Waals surface area contributed by atoms with Crippen LogP contribution < -0.4 is 10.9 Å². The first-order valence-electron chi connectivity index (χ1n) is 6.58. The third-order valence-corrected chi connectivity index (χ3v) is 4.57. The van der Waals surface area contributed by atoms with Crippen LogP contribution in [0.4, 0.5) is 4.79 Å². The number of rotatable bonds is 3. The van der Waals surface area contributed by atoms with Gasteiger partial charge in [-0.3, -0.25) is 10.2 Å². The first-order valence-corrected chi connectivity index (χ1v) is 8.19. The number of urea groups is 1. The third kappa shape index (κ3) is 4.57. The lowest BCUT2D eigenvalue weighted by molar-refractivity contribution is 0.0931. The van der Waals surface area contributed by atoms with E-state index in [4.69, 9.17) is 0 Å². The second-order valence-electron chi connectivity index (χ2n) is 4.81. The number of hydrogen-bond acceptors (Lipinski definition) is 3. The molecule has 5 nitrogen and oxygen atoms in total. The summed E-state index contributed by atoms with van der Waals surface area (Å²) in [4.78, 5) is 26.4. The molecular weight excluding hydrogens is 366 g/mol. The van der Waals surface area contributed by atoms with Gasteiger partial charge in [-0.1, -0.05) is 17.7 Å². The molecule has 2 aromatic rings. The van der Waals surface area contributed by atoms with Gasteiger partial charge >= 0.3 is 6.03 Å². The number of hydrazine groups is 1. The molecule has 0 fully saturated rings. The fraction of sp³-hybridized carbons (Fsp3) is 0.200. The van der Waals surface area contributed by atoms with Crippen molar-refractivity contribution in [2.24, 2.45) is 0 Å². The molecule has 0 radical (unpaired) electrons. The van der Waals surface area contributed by atoms with Gasteiger partial charge < -0.3 is 4.90 Å². The molecule has 0 spiro atoms. The van der Waals surface area contributed by atoms with Gasteiger partial charge in [-0.15, -0.1) is 11.3 Å². The zero-order valence-electron chi connectivity index (χ0n) is 12.2. The Morgan fingerprint density at radius 1 is 1.14 bits per heavy atom. The summed E-state index contributed by atoms with van der Waals surface area (Å²) in [6.07, 6.45) is 0. The lowest BCUT2D eigenvalue weighted by Gasteiger charge is -2.17. The minimum absolute atomic E-state index is 0.347. The van der Waals surface area contributed by atoms with Gasteiger partial charge in [0.1, 0.15) is 0 Å². The van der Waals surface area contributed by atoms with Crippen molar-refractivity contribution in [2.75, 3.05) is 7.05 Å². The third-order valence-electron chi connectivity index (χ3n) is 2.97. The van der Waals surface area contributed by atoms with Crippen LogP contribution in [0, 0.1) is 6.92 Å². The Kier molecular flexibility index (Phi) is 5.57. The molecule has 0 bridgehead atoms. The monoisotopic (exact) mass is 381 g/mol. The highest BCUT2D eigenvalue weighted by molar-refractivity contribution is 9.11. The van der Waals surface area contributed by atoms with Crippen LogP contribution >= 0.6 is 27.3 Å². The van der Waals surface area contributed by atoms with E-state index in [1.807, 2.05) is 31.2 Å². The Labute approximate surface area is 141 Å². The number of halogens is 1. The minimum atomic E-state index is -0.370. The van der Waals surface area contributed by atoms with Crippen molar-refractivity contribution in [3.63, 3.8) is 0 Å². The quantitative estimate of drug-likeness (QED) is 0.801. The predicted molar refractivity (Wildman–Crippen MR) is 90.7 cm³/mol. The van der Waals surface area contributed by atoms with E-state index >= 15 is 0 Å². The summed E-state index contributed by atoms with van der Waals surface area (Å²) in [6.45, 7) is 2.42. The summed E-state index contributed by atoms with van der Waals surface area (Å²) in [6, 6.07) is 10.6. The number of benzene rings is 1. The molecule has 0 aliphatic carbocycles. The Bertz CT molecular complexity index is 670. The molecule has 0 saturated heterocycles. The average Bonchev–Trinajstić information content (AvgIpc) is 2.90. The van der Waals surface area contributed by atoms with Crippen molar-refractivity contribution < 1.29 is 9.59 Å². The number of thiophene rings is 1. The predicted octanol–water partition coefficient (Wildman–Crippen LogP) is 3.31. The van der Waals surface area contributed by atoms with Crippen LogP contribution in [0.2, 0.25) is 0 Å². The molecule has 1 aromatic carbocycles. The maximum absolute atomic E-state index is 11.9. The molecule has 116 valence electrons. The second kappa shape index (κ2) is 7.42. The number of carbonyl (C=O) groups excluding carboxylic acids is 2.